The highest BCUT2D eigenvalue weighted by Crippen LogP contribution is 2.34. The normalized spacial score (nSPS) is 11.8. The third-order valence-electron chi connectivity index (χ3n) is 4.67. The molecular formula is C27H26N2S. The van der Waals surface area contributed by atoms with Crippen LogP contribution in [0, 0.1) is 6.92 Å². The summed E-state index contributed by atoms with van der Waals surface area (Å²) in [6.07, 6.45) is 16.3. The van der Waals surface area contributed by atoms with E-state index < -0.39 is 0 Å². The molecule has 0 unspecified atom stereocenters. The Hall–Kier alpha value is -3.30. The topological polar surface area (TPSA) is 25.8 Å². The summed E-state index contributed by atoms with van der Waals surface area (Å²) in [4.78, 5) is 11.1. The summed E-state index contributed by atoms with van der Waals surface area (Å²) in [5, 5.41) is 0. The first-order valence-corrected chi connectivity index (χ1v) is 10.7. The quantitative estimate of drug-likeness (QED) is 0.355. The van der Waals surface area contributed by atoms with E-state index in [4.69, 9.17) is 9.97 Å². The third kappa shape index (κ3) is 4.81. The number of allylic oxidation sites excluding steroid dienone is 8. The fraction of sp³-hybridized carbons (Fsp3) is 0.111. The van der Waals surface area contributed by atoms with Crippen molar-refractivity contribution in [1.82, 2.24) is 9.97 Å². The molecule has 0 fully saturated rings. The van der Waals surface area contributed by atoms with Crippen molar-refractivity contribution in [3.63, 3.8) is 0 Å². The van der Waals surface area contributed by atoms with Gasteiger partial charge in [-0.1, -0.05) is 98.2 Å². The number of hydrogen-bond acceptors (Lipinski definition) is 3. The number of aryl methyl sites for hydroxylation is 1. The predicted octanol–water partition coefficient (Wildman–Crippen LogP) is 7.74. The van der Waals surface area contributed by atoms with Crippen molar-refractivity contribution in [3.05, 3.63) is 108 Å². The number of benzene rings is 1. The van der Waals surface area contributed by atoms with Gasteiger partial charge in [0.05, 0.1) is 15.9 Å². The highest BCUT2D eigenvalue weighted by Gasteiger charge is 2.15. The largest absolute Gasteiger partial charge is 0.231 e. The smallest absolute Gasteiger partial charge is 0.160 e. The molecule has 0 radical (unpaired) electrons. The molecule has 2 aromatic heterocycles. The lowest BCUT2D eigenvalue weighted by Crippen LogP contribution is -1.96. The molecule has 0 N–H and O–H groups in total. The summed E-state index contributed by atoms with van der Waals surface area (Å²) in [5.74, 6) is 0.742. The first-order valence-electron chi connectivity index (χ1n) is 9.84. The van der Waals surface area contributed by atoms with Crippen LogP contribution in [-0.4, -0.2) is 9.97 Å². The maximum Gasteiger partial charge on any atom is 0.160 e. The maximum absolute atomic E-state index is 4.95. The highest BCUT2D eigenvalue weighted by molar-refractivity contribution is 7.19. The van der Waals surface area contributed by atoms with E-state index in [1.807, 2.05) is 31.2 Å². The molecule has 0 aliphatic heterocycles. The van der Waals surface area contributed by atoms with Crippen LogP contribution in [0.3, 0.4) is 0 Å². The Bertz CT molecular complexity index is 1170. The molecule has 0 spiro atoms. The molecular weight excluding hydrogens is 384 g/mol. The number of fused-ring (bicyclic) bond motifs is 1. The van der Waals surface area contributed by atoms with Crippen LogP contribution in [0.15, 0.2) is 86.5 Å². The minimum Gasteiger partial charge on any atom is -0.231 e. The van der Waals surface area contributed by atoms with E-state index in [-0.39, 0.29) is 0 Å². The van der Waals surface area contributed by atoms with Crippen LogP contribution in [-0.2, 0) is 6.42 Å². The second-order valence-electron chi connectivity index (χ2n) is 6.95. The zero-order chi connectivity index (χ0) is 21.5. The van der Waals surface area contributed by atoms with Crippen LogP contribution in [0.5, 0.6) is 0 Å². The summed E-state index contributed by atoms with van der Waals surface area (Å²) in [6.45, 7) is 15.6. The Balaban J connectivity index is 2.14. The molecule has 2 heterocycles. The Kier molecular flexibility index (Phi) is 7.10. The van der Waals surface area contributed by atoms with Crippen LogP contribution in [0.25, 0.3) is 33.3 Å². The van der Waals surface area contributed by atoms with Crippen LogP contribution in [0.1, 0.15) is 28.6 Å². The van der Waals surface area contributed by atoms with Gasteiger partial charge in [0, 0.05) is 22.4 Å². The van der Waals surface area contributed by atoms with E-state index >= 15 is 0 Å². The summed E-state index contributed by atoms with van der Waals surface area (Å²) in [6, 6.07) is 8.27. The van der Waals surface area contributed by atoms with E-state index in [1.54, 1.807) is 23.5 Å². The molecule has 0 amide bonds. The molecule has 0 saturated carbocycles. The van der Waals surface area contributed by atoms with Crippen molar-refractivity contribution >= 4 is 33.2 Å². The van der Waals surface area contributed by atoms with Gasteiger partial charge >= 0.3 is 0 Å². The molecule has 0 aliphatic rings. The first kappa shape index (κ1) is 21.4. The van der Waals surface area contributed by atoms with E-state index in [1.165, 1.54) is 4.88 Å². The van der Waals surface area contributed by atoms with E-state index in [0.29, 0.717) is 0 Å². The summed E-state index contributed by atoms with van der Waals surface area (Å²) in [5.41, 5.74) is 6.33. The molecule has 3 rings (SSSR count). The first-order chi connectivity index (χ1) is 14.5. The molecule has 3 aromatic rings. The Morgan fingerprint density at radius 1 is 1.00 bits per heavy atom. The third-order valence-corrected chi connectivity index (χ3v) is 5.82. The molecule has 2 nitrogen and oxygen atoms in total. The van der Waals surface area contributed by atoms with Crippen molar-refractivity contribution in [2.75, 3.05) is 0 Å². The lowest BCUT2D eigenvalue weighted by atomic mass is 10.1. The van der Waals surface area contributed by atoms with E-state index in [0.717, 1.165) is 50.4 Å². The summed E-state index contributed by atoms with van der Waals surface area (Å²) < 4.78 is 1.14. The van der Waals surface area contributed by atoms with Gasteiger partial charge in [-0.25, -0.2) is 9.97 Å². The minimum absolute atomic E-state index is 0.738. The lowest BCUT2D eigenvalue weighted by Gasteiger charge is -2.07. The number of nitrogens with zero attached hydrogens (tertiary/aromatic N) is 2. The van der Waals surface area contributed by atoms with Crippen molar-refractivity contribution in [2.45, 2.75) is 20.3 Å². The highest BCUT2D eigenvalue weighted by atomic mass is 32.1. The van der Waals surface area contributed by atoms with Crippen molar-refractivity contribution in [1.29, 1.82) is 0 Å². The average Bonchev–Trinajstić information content (AvgIpc) is 3.07. The molecule has 0 aliphatic carbocycles. The zero-order valence-corrected chi connectivity index (χ0v) is 18.4. The molecule has 1 aromatic carbocycles. The second kappa shape index (κ2) is 9.95. The molecule has 3 heteroatoms. The van der Waals surface area contributed by atoms with Gasteiger partial charge in [-0.2, -0.15) is 0 Å². The van der Waals surface area contributed by atoms with Crippen molar-refractivity contribution < 1.29 is 0 Å². The van der Waals surface area contributed by atoms with E-state index in [9.17, 15) is 0 Å². The molecule has 0 saturated heterocycles. The molecule has 0 bridgehead atoms. The van der Waals surface area contributed by atoms with Crippen molar-refractivity contribution in [3.8, 4) is 11.4 Å². The van der Waals surface area contributed by atoms with E-state index in [2.05, 4.69) is 63.1 Å². The molecule has 150 valence electrons. The number of rotatable bonds is 8. The summed E-state index contributed by atoms with van der Waals surface area (Å²) >= 11 is 1.74. The molecule has 30 heavy (non-hydrogen) atoms. The van der Waals surface area contributed by atoms with Gasteiger partial charge in [0.1, 0.15) is 0 Å². The van der Waals surface area contributed by atoms with Crippen LogP contribution >= 0.6 is 11.3 Å². The van der Waals surface area contributed by atoms with Crippen LogP contribution in [0.2, 0.25) is 0 Å². The van der Waals surface area contributed by atoms with Gasteiger partial charge in [-0.15, -0.1) is 11.3 Å². The van der Waals surface area contributed by atoms with Gasteiger partial charge in [0.2, 0.25) is 0 Å². The standard InChI is InChI=1S/C27H26N2S/c1-6-8-10-11-12-14-24-26-25(23(13-9-7-2)20(5)30-26)29-27(28-24)22-17-15-21(16-18-22)19(3)4/h6-13,15-18H,1-3,14H2,4-5H3/b10-8-,12-11-,13-9-. The lowest BCUT2D eigenvalue weighted by molar-refractivity contribution is 1.10. The number of hydrogen-bond donors (Lipinski definition) is 0. The van der Waals surface area contributed by atoms with Crippen LogP contribution in [0.4, 0.5) is 0 Å². The van der Waals surface area contributed by atoms with Gasteiger partial charge in [0.15, 0.2) is 5.82 Å². The Morgan fingerprint density at radius 2 is 1.73 bits per heavy atom. The number of aromatic nitrogens is 2. The fourth-order valence-corrected chi connectivity index (χ4v) is 4.17. The van der Waals surface area contributed by atoms with Crippen molar-refractivity contribution in [2.24, 2.45) is 0 Å². The average molecular weight is 411 g/mol. The second-order valence-corrected chi connectivity index (χ2v) is 8.17. The van der Waals surface area contributed by atoms with Gasteiger partial charge < -0.3 is 0 Å². The summed E-state index contributed by atoms with van der Waals surface area (Å²) in [7, 11) is 0. The van der Waals surface area contributed by atoms with Crippen LogP contribution < -0.4 is 0 Å². The fourth-order valence-electron chi connectivity index (χ4n) is 3.09. The Morgan fingerprint density at radius 3 is 2.40 bits per heavy atom. The maximum atomic E-state index is 4.95. The van der Waals surface area contributed by atoms with Gasteiger partial charge in [-0.3, -0.25) is 0 Å². The SMILES string of the molecule is C=C/C=C\C=C/Cc1nc(-c2ccc(C(=C)C)cc2)nc2c(/C=C\C=C)c(C)sc12. The Labute approximate surface area is 183 Å². The minimum atomic E-state index is 0.738. The van der Waals surface area contributed by atoms with Gasteiger partial charge in [-0.05, 0) is 19.4 Å². The monoisotopic (exact) mass is 410 g/mol. The van der Waals surface area contributed by atoms with Gasteiger partial charge in [0.25, 0.3) is 0 Å². The predicted molar refractivity (Wildman–Crippen MR) is 134 cm³/mol. The zero-order valence-electron chi connectivity index (χ0n) is 17.6. The molecule has 0 atom stereocenters. The number of thiophene rings is 1.